The number of hydrogen-bond acceptors (Lipinski definition) is 5. The molecule has 0 aliphatic carbocycles. The Kier molecular flexibility index (Phi) is 9.80. The minimum absolute atomic E-state index is 0.203. The van der Waals surface area contributed by atoms with Crippen LogP contribution in [0.1, 0.15) is 22.8 Å². The Bertz CT molecular complexity index is 1250. The van der Waals surface area contributed by atoms with Gasteiger partial charge in [0, 0.05) is 15.7 Å². The molecule has 35 heavy (non-hydrogen) atoms. The molecule has 0 aliphatic heterocycles. The number of nitrogens with zero attached hydrogens (tertiary/aromatic N) is 1. The van der Waals surface area contributed by atoms with Gasteiger partial charge in [-0.15, -0.1) is 0 Å². The molecule has 0 spiro atoms. The number of hydrogen-bond donors (Lipinski definition) is 2. The molecule has 7 nitrogen and oxygen atoms in total. The second kappa shape index (κ2) is 12.8. The zero-order chi connectivity index (χ0) is 25.4. The smallest absolute Gasteiger partial charge is 0.271 e. The first-order valence-electron chi connectivity index (χ1n) is 10.2. The van der Waals surface area contributed by atoms with Gasteiger partial charge in [-0.25, -0.2) is 5.43 Å². The lowest BCUT2D eigenvalue weighted by Crippen LogP contribution is -2.20. The van der Waals surface area contributed by atoms with Crippen molar-refractivity contribution in [2.45, 2.75) is 6.92 Å². The quantitative estimate of drug-likeness (QED) is 0.215. The molecule has 0 unspecified atom stereocenters. The van der Waals surface area contributed by atoms with Gasteiger partial charge in [-0.3, -0.25) is 9.59 Å². The van der Waals surface area contributed by atoms with Gasteiger partial charge >= 0.3 is 0 Å². The number of rotatable bonds is 9. The summed E-state index contributed by atoms with van der Waals surface area (Å²) < 4.78 is 12.1. The van der Waals surface area contributed by atoms with Crippen LogP contribution in [0.15, 0.2) is 64.2 Å². The number of anilines is 1. The first-order chi connectivity index (χ1) is 16.8. The summed E-state index contributed by atoms with van der Waals surface area (Å²) >= 11 is 21.6. The van der Waals surface area contributed by atoms with E-state index in [4.69, 9.17) is 44.3 Å². The molecule has 182 valence electrons. The average molecular weight is 600 g/mol. The van der Waals surface area contributed by atoms with Crippen molar-refractivity contribution in [3.05, 3.63) is 85.3 Å². The van der Waals surface area contributed by atoms with E-state index >= 15 is 0 Å². The van der Waals surface area contributed by atoms with E-state index in [1.165, 1.54) is 12.3 Å². The van der Waals surface area contributed by atoms with E-state index in [1.807, 2.05) is 0 Å². The van der Waals surface area contributed by atoms with Crippen molar-refractivity contribution >= 4 is 74.4 Å². The van der Waals surface area contributed by atoms with E-state index in [0.717, 1.165) is 4.47 Å². The summed E-state index contributed by atoms with van der Waals surface area (Å²) in [5, 5.41) is 7.54. The Morgan fingerprint density at radius 3 is 2.40 bits per heavy atom. The van der Waals surface area contributed by atoms with Crippen LogP contribution >= 0.6 is 50.7 Å². The number of halogens is 4. The van der Waals surface area contributed by atoms with Gasteiger partial charge in [-0.2, -0.15) is 5.10 Å². The summed E-state index contributed by atoms with van der Waals surface area (Å²) in [5.41, 5.74) is 3.94. The SMILES string of the molecule is CCOc1cc(/C=N/NC(=O)c2ccc(Br)cc2)cc(Cl)c1OCC(=O)Nc1ccc(Cl)c(Cl)c1. The number of benzene rings is 3. The molecule has 0 atom stereocenters. The van der Waals surface area contributed by atoms with Gasteiger partial charge < -0.3 is 14.8 Å². The number of amides is 2. The zero-order valence-electron chi connectivity index (χ0n) is 18.3. The van der Waals surface area contributed by atoms with Crippen LogP contribution in [0.3, 0.4) is 0 Å². The second-order valence-corrected chi connectivity index (χ2v) is 9.07. The van der Waals surface area contributed by atoms with Crippen LogP contribution in [0.25, 0.3) is 0 Å². The third-order valence-electron chi connectivity index (χ3n) is 4.37. The molecule has 3 rings (SSSR count). The predicted octanol–water partition coefficient (Wildman–Crippen LogP) is 6.59. The number of ether oxygens (including phenoxy) is 2. The molecule has 0 heterocycles. The highest BCUT2D eigenvalue weighted by Gasteiger charge is 2.15. The van der Waals surface area contributed by atoms with Crippen LogP contribution in [-0.2, 0) is 4.79 Å². The number of carbonyl (C=O) groups excluding carboxylic acids is 2. The fourth-order valence-corrected chi connectivity index (χ4v) is 3.64. The molecule has 0 bridgehead atoms. The summed E-state index contributed by atoms with van der Waals surface area (Å²) in [5.74, 6) is -0.266. The summed E-state index contributed by atoms with van der Waals surface area (Å²) in [6, 6.07) is 14.8. The second-order valence-electron chi connectivity index (χ2n) is 6.93. The summed E-state index contributed by atoms with van der Waals surface area (Å²) in [4.78, 5) is 24.5. The van der Waals surface area contributed by atoms with Gasteiger partial charge in [0.25, 0.3) is 11.8 Å². The third kappa shape index (κ3) is 7.86. The van der Waals surface area contributed by atoms with Gasteiger partial charge in [0.2, 0.25) is 0 Å². The number of nitrogens with one attached hydrogen (secondary N) is 2. The van der Waals surface area contributed by atoms with Crippen LogP contribution < -0.4 is 20.2 Å². The Morgan fingerprint density at radius 2 is 1.71 bits per heavy atom. The van der Waals surface area contributed by atoms with Gasteiger partial charge in [0.15, 0.2) is 18.1 Å². The maximum Gasteiger partial charge on any atom is 0.271 e. The topological polar surface area (TPSA) is 89.0 Å². The third-order valence-corrected chi connectivity index (χ3v) is 5.92. The van der Waals surface area contributed by atoms with E-state index in [1.54, 1.807) is 55.5 Å². The van der Waals surface area contributed by atoms with Crippen LogP contribution in [-0.4, -0.2) is 31.2 Å². The summed E-state index contributed by atoms with van der Waals surface area (Å²) in [6.45, 7) is 1.81. The van der Waals surface area contributed by atoms with E-state index in [9.17, 15) is 9.59 Å². The Balaban J connectivity index is 1.65. The lowest BCUT2D eigenvalue weighted by Gasteiger charge is -2.14. The van der Waals surface area contributed by atoms with E-state index in [0.29, 0.717) is 39.2 Å². The van der Waals surface area contributed by atoms with E-state index in [2.05, 4.69) is 31.8 Å². The Labute approximate surface area is 225 Å². The predicted molar refractivity (Wildman–Crippen MR) is 142 cm³/mol. The standard InChI is InChI=1S/C24H19BrCl3N3O4/c1-2-34-21-10-14(12-29-31-24(33)15-3-5-16(25)6-4-15)9-20(28)23(21)35-13-22(32)30-17-7-8-18(26)19(27)11-17/h3-12H,2,13H2,1H3,(H,30,32)(H,31,33)/b29-12+. The van der Waals surface area contributed by atoms with Crippen molar-refractivity contribution in [3.8, 4) is 11.5 Å². The Morgan fingerprint density at radius 1 is 0.971 bits per heavy atom. The van der Waals surface area contributed by atoms with Crippen LogP contribution in [0, 0.1) is 0 Å². The minimum Gasteiger partial charge on any atom is -0.490 e. The largest absolute Gasteiger partial charge is 0.490 e. The fraction of sp³-hybridized carbons (Fsp3) is 0.125. The lowest BCUT2D eigenvalue weighted by atomic mass is 10.2. The highest BCUT2D eigenvalue weighted by atomic mass is 79.9. The van der Waals surface area contributed by atoms with Crippen molar-refractivity contribution in [1.82, 2.24) is 5.43 Å². The number of hydrazone groups is 1. The molecule has 3 aromatic rings. The van der Waals surface area contributed by atoms with Crippen molar-refractivity contribution in [1.29, 1.82) is 0 Å². The van der Waals surface area contributed by atoms with E-state index in [-0.39, 0.29) is 23.3 Å². The van der Waals surface area contributed by atoms with Crippen LogP contribution in [0.4, 0.5) is 5.69 Å². The molecule has 0 aromatic heterocycles. The Hall–Kier alpha value is -2.78. The average Bonchev–Trinajstić information content (AvgIpc) is 2.81. The summed E-state index contributed by atoms with van der Waals surface area (Å²) in [7, 11) is 0. The zero-order valence-corrected chi connectivity index (χ0v) is 22.1. The molecule has 11 heteroatoms. The lowest BCUT2D eigenvalue weighted by molar-refractivity contribution is -0.118. The fourth-order valence-electron chi connectivity index (χ4n) is 2.81. The molecule has 0 saturated heterocycles. The van der Waals surface area contributed by atoms with Crippen LogP contribution in [0.2, 0.25) is 15.1 Å². The molecule has 0 saturated carbocycles. The number of carbonyl (C=O) groups is 2. The minimum atomic E-state index is -0.428. The maximum atomic E-state index is 12.3. The van der Waals surface area contributed by atoms with Gasteiger partial charge in [0.05, 0.1) is 27.9 Å². The molecular formula is C24H19BrCl3N3O4. The molecule has 0 fully saturated rings. The van der Waals surface area contributed by atoms with E-state index < -0.39 is 5.91 Å². The first-order valence-corrected chi connectivity index (χ1v) is 12.1. The molecule has 2 amide bonds. The summed E-state index contributed by atoms with van der Waals surface area (Å²) in [6.07, 6.45) is 1.42. The molecule has 2 N–H and O–H groups in total. The van der Waals surface area contributed by atoms with Gasteiger partial charge in [0.1, 0.15) is 0 Å². The van der Waals surface area contributed by atoms with Crippen molar-refractivity contribution in [2.24, 2.45) is 5.10 Å². The highest BCUT2D eigenvalue weighted by Crippen LogP contribution is 2.36. The monoisotopic (exact) mass is 597 g/mol. The first kappa shape index (κ1) is 26.8. The van der Waals surface area contributed by atoms with Gasteiger partial charge in [-0.05, 0) is 67.1 Å². The molecule has 0 radical (unpaired) electrons. The van der Waals surface area contributed by atoms with Crippen molar-refractivity contribution < 1.29 is 19.1 Å². The molecule has 3 aromatic carbocycles. The molecule has 0 aliphatic rings. The van der Waals surface area contributed by atoms with Crippen molar-refractivity contribution in [2.75, 3.05) is 18.5 Å². The normalized spacial score (nSPS) is 10.8. The maximum absolute atomic E-state index is 12.3. The van der Waals surface area contributed by atoms with Crippen LogP contribution in [0.5, 0.6) is 11.5 Å². The van der Waals surface area contributed by atoms with Gasteiger partial charge in [-0.1, -0.05) is 50.7 Å². The van der Waals surface area contributed by atoms with Crippen molar-refractivity contribution in [3.63, 3.8) is 0 Å². The molecular weight excluding hydrogens is 581 g/mol. The highest BCUT2D eigenvalue weighted by molar-refractivity contribution is 9.10.